The second-order valence-corrected chi connectivity index (χ2v) is 7.45. The molecule has 0 atom stereocenters. The first-order chi connectivity index (χ1) is 10.4. The molecule has 6 nitrogen and oxygen atoms in total. The number of hydrogen-bond acceptors (Lipinski definition) is 5. The summed E-state index contributed by atoms with van der Waals surface area (Å²) >= 11 is 9.13. The van der Waals surface area contributed by atoms with Crippen LogP contribution in [0.5, 0.6) is 5.75 Å². The molecule has 2 aromatic carbocycles. The largest absolute Gasteiger partial charge is 0.495 e. The SMILES string of the molecule is COc1ccc(Br)cc1S(=O)(=O)n1nnc2cc(Cl)ccc21. The highest BCUT2D eigenvalue weighted by molar-refractivity contribution is 9.10. The molecule has 0 bridgehead atoms. The molecule has 0 radical (unpaired) electrons. The topological polar surface area (TPSA) is 74.1 Å². The number of hydrogen-bond donors (Lipinski definition) is 0. The van der Waals surface area contributed by atoms with E-state index in [1.807, 2.05) is 0 Å². The fraction of sp³-hybridized carbons (Fsp3) is 0.0769. The van der Waals surface area contributed by atoms with Gasteiger partial charge in [-0.15, -0.1) is 9.19 Å². The average molecular weight is 403 g/mol. The Balaban J connectivity index is 2.27. The minimum Gasteiger partial charge on any atom is -0.495 e. The highest BCUT2D eigenvalue weighted by Gasteiger charge is 2.25. The third-order valence-corrected chi connectivity index (χ3v) is 5.34. The molecule has 114 valence electrons. The van der Waals surface area contributed by atoms with Gasteiger partial charge in [0.15, 0.2) is 0 Å². The zero-order chi connectivity index (χ0) is 15.9. The van der Waals surface area contributed by atoms with E-state index >= 15 is 0 Å². The van der Waals surface area contributed by atoms with Crippen molar-refractivity contribution in [3.8, 4) is 5.75 Å². The zero-order valence-electron chi connectivity index (χ0n) is 11.2. The van der Waals surface area contributed by atoms with Gasteiger partial charge in [0.2, 0.25) is 0 Å². The molecule has 0 saturated heterocycles. The fourth-order valence-electron chi connectivity index (χ4n) is 2.00. The molecule has 22 heavy (non-hydrogen) atoms. The lowest BCUT2D eigenvalue weighted by Gasteiger charge is -2.10. The van der Waals surface area contributed by atoms with Gasteiger partial charge in [-0.1, -0.05) is 32.7 Å². The first-order valence-electron chi connectivity index (χ1n) is 6.03. The van der Waals surface area contributed by atoms with Gasteiger partial charge >= 0.3 is 0 Å². The van der Waals surface area contributed by atoms with Gasteiger partial charge < -0.3 is 4.74 Å². The number of ether oxygens (including phenoxy) is 1. The molecule has 1 heterocycles. The van der Waals surface area contributed by atoms with Crippen molar-refractivity contribution < 1.29 is 13.2 Å². The van der Waals surface area contributed by atoms with Crippen LogP contribution in [0, 0.1) is 0 Å². The minimum absolute atomic E-state index is 0.00822. The van der Waals surface area contributed by atoms with Crippen molar-refractivity contribution in [3.63, 3.8) is 0 Å². The van der Waals surface area contributed by atoms with Crippen LogP contribution in [-0.4, -0.2) is 29.9 Å². The summed E-state index contributed by atoms with van der Waals surface area (Å²) in [6.07, 6.45) is 0. The average Bonchev–Trinajstić information content (AvgIpc) is 2.90. The van der Waals surface area contributed by atoms with E-state index in [0.29, 0.717) is 20.5 Å². The number of methoxy groups -OCH3 is 1. The number of aromatic nitrogens is 3. The summed E-state index contributed by atoms with van der Waals surface area (Å²) in [5.74, 6) is 0.223. The molecule has 9 heteroatoms. The van der Waals surface area contributed by atoms with E-state index in [1.54, 1.807) is 30.3 Å². The van der Waals surface area contributed by atoms with Crippen molar-refractivity contribution >= 4 is 48.6 Å². The van der Waals surface area contributed by atoms with Crippen molar-refractivity contribution in [2.75, 3.05) is 7.11 Å². The van der Waals surface area contributed by atoms with E-state index in [0.717, 1.165) is 4.09 Å². The van der Waals surface area contributed by atoms with Gasteiger partial charge in [0.1, 0.15) is 21.7 Å². The molecular formula is C13H9BrClN3O3S. The number of fused-ring (bicyclic) bond motifs is 1. The number of rotatable bonds is 3. The monoisotopic (exact) mass is 401 g/mol. The minimum atomic E-state index is -3.96. The molecule has 1 aromatic heterocycles. The molecule has 0 unspecified atom stereocenters. The second-order valence-electron chi connectivity index (χ2n) is 4.37. The van der Waals surface area contributed by atoms with Crippen molar-refractivity contribution in [1.29, 1.82) is 0 Å². The van der Waals surface area contributed by atoms with Gasteiger partial charge in [-0.2, -0.15) is 8.42 Å². The summed E-state index contributed by atoms with van der Waals surface area (Å²) in [4.78, 5) is -0.00822. The molecular weight excluding hydrogens is 394 g/mol. The van der Waals surface area contributed by atoms with Crippen LogP contribution in [0.2, 0.25) is 5.02 Å². The Bertz CT molecular complexity index is 972. The quantitative estimate of drug-likeness (QED) is 0.673. The predicted octanol–water partition coefficient (Wildman–Crippen LogP) is 3.09. The Morgan fingerprint density at radius 3 is 2.73 bits per heavy atom. The molecule has 0 aliphatic carbocycles. The lowest BCUT2D eigenvalue weighted by Crippen LogP contribution is -2.15. The molecule has 3 rings (SSSR count). The van der Waals surface area contributed by atoms with E-state index < -0.39 is 10.0 Å². The van der Waals surface area contributed by atoms with Crippen LogP contribution in [0.25, 0.3) is 11.0 Å². The summed E-state index contributed by atoms with van der Waals surface area (Å²) in [6, 6.07) is 9.40. The normalized spacial score (nSPS) is 11.8. The third kappa shape index (κ3) is 2.47. The van der Waals surface area contributed by atoms with Gasteiger partial charge in [-0.25, -0.2) is 0 Å². The van der Waals surface area contributed by atoms with E-state index in [4.69, 9.17) is 16.3 Å². The molecule has 0 N–H and O–H groups in total. The first-order valence-corrected chi connectivity index (χ1v) is 8.64. The third-order valence-electron chi connectivity index (χ3n) is 3.01. The van der Waals surface area contributed by atoms with E-state index in [2.05, 4.69) is 26.2 Å². The van der Waals surface area contributed by atoms with Gasteiger partial charge in [0.05, 0.1) is 7.11 Å². The molecule has 0 aliphatic heterocycles. The van der Waals surface area contributed by atoms with Crippen molar-refractivity contribution in [2.24, 2.45) is 0 Å². The Kier molecular flexibility index (Phi) is 3.84. The number of benzene rings is 2. The van der Waals surface area contributed by atoms with Crippen LogP contribution in [-0.2, 0) is 10.0 Å². The standard InChI is InChI=1S/C13H9BrClN3O3S/c1-21-12-5-2-8(14)6-13(12)22(19,20)18-11-4-3-9(15)7-10(11)16-17-18/h2-7H,1H3. The predicted molar refractivity (Wildman–Crippen MR) is 85.8 cm³/mol. The molecule has 0 spiro atoms. The summed E-state index contributed by atoms with van der Waals surface area (Å²) in [7, 11) is -2.55. The molecule has 3 aromatic rings. The highest BCUT2D eigenvalue weighted by Crippen LogP contribution is 2.30. The Hall–Kier alpha value is -1.64. The second kappa shape index (κ2) is 5.53. The van der Waals surface area contributed by atoms with Crippen molar-refractivity contribution in [2.45, 2.75) is 4.90 Å². The fourth-order valence-corrected chi connectivity index (χ4v) is 4.09. The summed E-state index contributed by atoms with van der Waals surface area (Å²) in [5.41, 5.74) is 0.733. The maximum atomic E-state index is 12.9. The summed E-state index contributed by atoms with van der Waals surface area (Å²) in [5, 5.41) is 8.04. The van der Waals surface area contributed by atoms with Gasteiger partial charge in [-0.05, 0) is 36.4 Å². The summed E-state index contributed by atoms with van der Waals surface area (Å²) in [6.45, 7) is 0. The van der Waals surface area contributed by atoms with Crippen molar-refractivity contribution in [3.05, 3.63) is 45.9 Å². The number of nitrogens with zero attached hydrogens (tertiary/aromatic N) is 3. The molecule has 0 aliphatic rings. The van der Waals surface area contributed by atoms with Crippen LogP contribution < -0.4 is 4.74 Å². The van der Waals surface area contributed by atoms with Gasteiger partial charge in [0, 0.05) is 9.50 Å². The lowest BCUT2D eigenvalue weighted by atomic mass is 10.3. The molecule has 0 saturated carbocycles. The van der Waals surface area contributed by atoms with Crippen LogP contribution in [0.3, 0.4) is 0 Å². The van der Waals surface area contributed by atoms with E-state index in [1.165, 1.54) is 13.2 Å². The zero-order valence-corrected chi connectivity index (χ0v) is 14.4. The van der Waals surface area contributed by atoms with Crippen LogP contribution in [0.15, 0.2) is 45.8 Å². The molecule has 0 fully saturated rings. The Morgan fingerprint density at radius 1 is 1.23 bits per heavy atom. The highest BCUT2D eigenvalue weighted by atomic mass is 79.9. The maximum absolute atomic E-state index is 12.9. The van der Waals surface area contributed by atoms with Crippen molar-refractivity contribution in [1.82, 2.24) is 14.4 Å². The van der Waals surface area contributed by atoms with Gasteiger partial charge in [-0.3, -0.25) is 0 Å². The van der Waals surface area contributed by atoms with Crippen LogP contribution in [0.4, 0.5) is 0 Å². The Labute approximate surface area is 139 Å². The molecule has 0 amide bonds. The van der Waals surface area contributed by atoms with Crippen LogP contribution >= 0.6 is 27.5 Å². The van der Waals surface area contributed by atoms with Gasteiger partial charge in [0.25, 0.3) is 10.0 Å². The number of halogens is 2. The first kappa shape index (κ1) is 15.3. The van der Waals surface area contributed by atoms with E-state index in [-0.39, 0.29) is 10.6 Å². The smallest absolute Gasteiger partial charge is 0.288 e. The van der Waals surface area contributed by atoms with Crippen LogP contribution in [0.1, 0.15) is 0 Å². The maximum Gasteiger partial charge on any atom is 0.288 e. The Morgan fingerprint density at radius 2 is 2.00 bits per heavy atom. The van der Waals surface area contributed by atoms with E-state index in [9.17, 15) is 8.42 Å². The lowest BCUT2D eigenvalue weighted by molar-refractivity contribution is 0.402. The summed E-state index contributed by atoms with van der Waals surface area (Å²) < 4.78 is 32.3.